The van der Waals surface area contributed by atoms with E-state index in [-0.39, 0.29) is 5.92 Å². The van der Waals surface area contributed by atoms with Crippen molar-refractivity contribution >= 4 is 5.97 Å². The van der Waals surface area contributed by atoms with Gasteiger partial charge >= 0.3 is 5.97 Å². The van der Waals surface area contributed by atoms with Crippen LogP contribution in [0.25, 0.3) is 0 Å². The maximum atomic E-state index is 11.2. The molecular weight excluding hydrogens is 254 g/mol. The van der Waals surface area contributed by atoms with Crippen LogP contribution >= 0.6 is 0 Å². The SMILES string of the molecule is NCCCC(Cc1cn([C@@H]2C[C@H]3C[C@H]3C2)cn1)C(=O)O. The number of nitrogens with zero attached hydrogens (tertiary/aromatic N) is 2. The van der Waals surface area contributed by atoms with Gasteiger partial charge in [-0.05, 0) is 50.5 Å². The molecule has 0 aromatic carbocycles. The van der Waals surface area contributed by atoms with Crippen molar-refractivity contribution in [1.29, 1.82) is 0 Å². The lowest BCUT2D eigenvalue weighted by Gasteiger charge is -2.13. The summed E-state index contributed by atoms with van der Waals surface area (Å²) in [5, 5.41) is 9.24. The fraction of sp³-hybridized carbons (Fsp3) is 0.733. The van der Waals surface area contributed by atoms with Crippen LogP contribution in [-0.2, 0) is 11.2 Å². The van der Waals surface area contributed by atoms with E-state index in [1.807, 2.05) is 12.5 Å². The summed E-state index contributed by atoms with van der Waals surface area (Å²) in [6.07, 6.45) is 9.79. The molecule has 0 radical (unpaired) electrons. The van der Waals surface area contributed by atoms with Crippen LogP contribution in [0.5, 0.6) is 0 Å². The molecule has 1 heterocycles. The third-order valence-corrected chi connectivity index (χ3v) is 4.86. The maximum Gasteiger partial charge on any atom is 0.306 e. The van der Waals surface area contributed by atoms with Gasteiger partial charge in [0.05, 0.1) is 17.9 Å². The van der Waals surface area contributed by atoms with Gasteiger partial charge in [-0.3, -0.25) is 4.79 Å². The number of hydrogen-bond acceptors (Lipinski definition) is 3. The van der Waals surface area contributed by atoms with Crippen LogP contribution < -0.4 is 5.73 Å². The zero-order chi connectivity index (χ0) is 14.1. The first kappa shape index (κ1) is 13.6. The largest absolute Gasteiger partial charge is 0.481 e. The predicted molar refractivity (Wildman–Crippen MR) is 75.2 cm³/mol. The predicted octanol–water partition coefficient (Wildman–Crippen LogP) is 1.84. The number of carbonyl (C=O) groups is 1. The highest BCUT2D eigenvalue weighted by Gasteiger charge is 2.46. The van der Waals surface area contributed by atoms with E-state index >= 15 is 0 Å². The van der Waals surface area contributed by atoms with Crippen molar-refractivity contribution in [3.05, 3.63) is 18.2 Å². The van der Waals surface area contributed by atoms with Crippen molar-refractivity contribution in [2.45, 2.75) is 44.6 Å². The van der Waals surface area contributed by atoms with Crippen molar-refractivity contribution < 1.29 is 9.90 Å². The number of aliphatic carboxylic acids is 1. The van der Waals surface area contributed by atoms with Crippen LogP contribution in [0.2, 0.25) is 0 Å². The van der Waals surface area contributed by atoms with Gasteiger partial charge < -0.3 is 15.4 Å². The zero-order valence-electron chi connectivity index (χ0n) is 11.7. The van der Waals surface area contributed by atoms with Gasteiger partial charge in [0.2, 0.25) is 0 Å². The molecule has 1 unspecified atom stereocenters. The molecule has 4 atom stereocenters. The van der Waals surface area contributed by atoms with E-state index in [4.69, 9.17) is 5.73 Å². The minimum atomic E-state index is -0.741. The summed E-state index contributed by atoms with van der Waals surface area (Å²) in [6.45, 7) is 0.545. The summed E-state index contributed by atoms with van der Waals surface area (Å²) in [5.41, 5.74) is 6.36. The Morgan fingerprint density at radius 3 is 2.85 bits per heavy atom. The summed E-state index contributed by atoms with van der Waals surface area (Å²) >= 11 is 0. The first-order valence-corrected chi connectivity index (χ1v) is 7.62. The third kappa shape index (κ3) is 2.87. The Bertz CT molecular complexity index is 475. The highest BCUT2D eigenvalue weighted by molar-refractivity contribution is 5.70. The first-order chi connectivity index (χ1) is 9.67. The van der Waals surface area contributed by atoms with Crippen LogP contribution in [0, 0.1) is 17.8 Å². The molecule has 1 aromatic rings. The monoisotopic (exact) mass is 277 g/mol. The average Bonchev–Trinajstić information content (AvgIpc) is 2.87. The van der Waals surface area contributed by atoms with Gasteiger partial charge in [0, 0.05) is 18.7 Å². The number of fused-ring (bicyclic) bond motifs is 1. The smallest absolute Gasteiger partial charge is 0.306 e. The Labute approximate surface area is 119 Å². The molecule has 1 aromatic heterocycles. The van der Waals surface area contributed by atoms with Gasteiger partial charge in [-0.1, -0.05) is 0 Å². The molecule has 0 spiro atoms. The van der Waals surface area contributed by atoms with Crippen molar-refractivity contribution in [3.63, 3.8) is 0 Å². The number of aromatic nitrogens is 2. The topological polar surface area (TPSA) is 81.1 Å². The Morgan fingerprint density at radius 1 is 1.45 bits per heavy atom. The standard InChI is InChI=1S/C15H23N3O2/c16-3-1-2-10(15(19)20)5-13-8-18(9-17-13)14-6-11-4-12(11)7-14/h8-12,14H,1-7,16H2,(H,19,20)/t10?,11-,12+,14-. The van der Waals surface area contributed by atoms with Crippen LogP contribution in [0.3, 0.4) is 0 Å². The summed E-state index contributed by atoms with van der Waals surface area (Å²) < 4.78 is 2.20. The van der Waals surface area contributed by atoms with Crippen LogP contribution in [0.4, 0.5) is 0 Å². The normalized spacial score (nSPS) is 29.1. The van der Waals surface area contributed by atoms with Crippen molar-refractivity contribution in [3.8, 4) is 0 Å². The van der Waals surface area contributed by atoms with Gasteiger partial charge in [-0.2, -0.15) is 0 Å². The molecular formula is C15H23N3O2. The van der Waals surface area contributed by atoms with E-state index in [1.165, 1.54) is 19.3 Å². The summed E-state index contributed by atoms with van der Waals surface area (Å²) in [7, 11) is 0. The quantitative estimate of drug-likeness (QED) is 0.796. The molecule has 0 bridgehead atoms. The average molecular weight is 277 g/mol. The highest BCUT2D eigenvalue weighted by Crippen LogP contribution is 2.55. The second-order valence-corrected chi connectivity index (χ2v) is 6.36. The summed E-state index contributed by atoms with van der Waals surface area (Å²) in [5.74, 6) is 0.790. The molecule has 0 saturated heterocycles. The molecule has 2 aliphatic carbocycles. The number of rotatable bonds is 7. The molecule has 0 aliphatic heterocycles. The number of nitrogens with two attached hydrogens (primary N) is 1. The van der Waals surface area contributed by atoms with Gasteiger partial charge in [-0.15, -0.1) is 0 Å². The number of hydrogen-bond donors (Lipinski definition) is 2. The summed E-state index contributed by atoms with van der Waals surface area (Å²) in [6, 6.07) is 0.590. The Morgan fingerprint density at radius 2 is 2.20 bits per heavy atom. The number of carboxylic acid groups (broad SMARTS) is 1. The van der Waals surface area contributed by atoms with Gasteiger partial charge in [-0.25, -0.2) is 4.98 Å². The van der Waals surface area contributed by atoms with E-state index in [2.05, 4.69) is 9.55 Å². The molecule has 5 nitrogen and oxygen atoms in total. The van der Waals surface area contributed by atoms with Gasteiger partial charge in [0.25, 0.3) is 0 Å². The van der Waals surface area contributed by atoms with Crippen LogP contribution in [0.15, 0.2) is 12.5 Å². The fourth-order valence-corrected chi connectivity index (χ4v) is 3.54. The van der Waals surface area contributed by atoms with E-state index < -0.39 is 5.97 Å². The highest BCUT2D eigenvalue weighted by atomic mass is 16.4. The van der Waals surface area contributed by atoms with Gasteiger partial charge in [0.1, 0.15) is 0 Å². The minimum Gasteiger partial charge on any atom is -0.481 e. The molecule has 20 heavy (non-hydrogen) atoms. The van der Waals surface area contributed by atoms with E-state index in [1.54, 1.807) is 0 Å². The van der Waals surface area contributed by atoms with Crippen molar-refractivity contribution in [1.82, 2.24) is 9.55 Å². The zero-order valence-corrected chi connectivity index (χ0v) is 11.7. The molecule has 5 heteroatoms. The lowest BCUT2D eigenvalue weighted by Crippen LogP contribution is -2.18. The summed E-state index contributed by atoms with van der Waals surface area (Å²) in [4.78, 5) is 15.6. The maximum absolute atomic E-state index is 11.2. The number of carboxylic acids is 1. The lowest BCUT2D eigenvalue weighted by atomic mass is 9.98. The Hall–Kier alpha value is -1.36. The van der Waals surface area contributed by atoms with Crippen molar-refractivity contribution in [2.75, 3.05) is 6.54 Å². The van der Waals surface area contributed by atoms with E-state index in [9.17, 15) is 9.90 Å². The van der Waals surface area contributed by atoms with E-state index in [0.717, 1.165) is 24.0 Å². The fourth-order valence-electron chi connectivity index (χ4n) is 3.54. The lowest BCUT2D eigenvalue weighted by molar-refractivity contribution is -0.142. The molecule has 3 rings (SSSR count). The molecule has 2 aliphatic rings. The molecule has 0 amide bonds. The Balaban J connectivity index is 1.59. The second kappa shape index (κ2) is 5.56. The van der Waals surface area contributed by atoms with Gasteiger partial charge in [0.15, 0.2) is 0 Å². The first-order valence-electron chi connectivity index (χ1n) is 7.62. The molecule has 3 N–H and O–H groups in total. The van der Waals surface area contributed by atoms with E-state index in [0.29, 0.717) is 25.4 Å². The molecule has 2 saturated carbocycles. The number of imidazole rings is 1. The molecule has 2 fully saturated rings. The molecule has 110 valence electrons. The third-order valence-electron chi connectivity index (χ3n) is 4.86. The second-order valence-electron chi connectivity index (χ2n) is 6.36. The van der Waals surface area contributed by atoms with Crippen LogP contribution in [0.1, 0.15) is 43.8 Å². The Kier molecular flexibility index (Phi) is 3.78. The minimum absolute atomic E-state index is 0.362. The van der Waals surface area contributed by atoms with Crippen molar-refractivity contribution in [2.24, 2.45) is 23.5 Å². The van der Waals surface area contributed by atoms with Crippen LogP contribution in [-0.4, -0.2) is 27.2 Å².